The largest absolute Gasteiger partial charge is 0.475 e. The lowest BCUT2D eigenvalue weighted by atomic mass is 9.80. The Balaban J connectivity index is 2.34. The molecular weight excluding hydrogens is 196 g/mol. The second-order valence-electron chi connectivity index (χ2n) is 5.46. The first kappa shape index (κ1) is 13.7. The number of nitrogens with zero attached hydrogens (tertiary/aromatic N) is 1. The summed E-state index contributed by atoms with van der Waals surface area (Å²) < 4.78 is 5.37. The molecule has 0 saturated heterocycles. The predicted octanol–water partition coefficient (Wildman–Crippen LogP) is 2.49. The van der Waals surface area contributed by atoms with Crippen molar-refractivity contribution in [2.45, 2.75) is 64.6 Å². The molecule has 0 unspecified atom stereocenters. The summed E-state index contributed by atoms with van der Waals surface area (Å²) in [5.41, 5.74) is 1.21. The van der Waals surface area contributed by atoms with Crippen molar-refractivity contribution in [2.24, 2.45) is 11.1 Å². The number of hydrogen-bond donors (Lipinski definition) is 0. The average Bonchev–Trinajstić information content (AvgIpc) is 2.15. The Hall–Kier alpha value is -0.400. The van der Waals surface area contributed by atoms with Crippen LogP contribution in [0.2, 0.25) is 5.82 Å². The fourth-order valence-corrected chi connectivity index (χ4v) is 2.24. The molecule has 16 heavy (non-hydrogen) atoms. The van der Waals surface area contributed by atoms with Crippen molar-refractivity contribution in [1.29, 1.82) is 0 Å². The van der Waals surface area contributed by atoms with Crippen LogP contribution in [0.4, 0.5) is 0 Å². The van der Waals surface area contributed by atoms with Gasteiger partial charge in [-0.05, 0) is 24.6 Å². The van der Waals surface area contributed by atoms with Crippen LogP contribution in [0.3, 0.4) is 0 Å². The lowest BCUT2D eigenvalue weighted by molar-refractivity contribution is 0.349. The van der Waals surface area contributed by atoms with Gasteiger partial charge in [-0.25, -0.2) is 0 Å². The monoisotopic (exact) mass is 221 g/mol. The Morgan fingerprint density at radius 1 is 1.19 bits per heavy atom. The molecule has 0 bridgehead atoms. The molecule has 1 aliphatic carbocycles. The molecule has 1 saturated carbocycles. The van der Waals surface area contributed by atoms with E-state index in [0.717, 1.165) is 7.48 Å². The molecule has 4 heteroatoms. The van der Waals surface area contributed by atoms with E-state index in [4.69, 9.17) is 4.76 Å². The van der Waals surface area contributed by atoms with Gasteiger partial charge in [-0.1, -0.05) is 46.0 Å². The fourth-order valence-electron chi connectivity index (χ4n) is 2.24. The molecule has 0 aromatic rings. The third kappa shape index (κ3) is 5.62. The highest BCUT2D eigenvalue weighted by atomic mass is 16.6. The van der Waals surface area contributed by atoms with Gasteiger partial charge in [-0.15, -0.1) is 5.16 Å². The maximum atomic E-state index is 5.37. The van der Waals surface area contributed by atoms with E-state index in [-0.39, 0.29) is 0 Å². The predicted molar refractivity (Wildman–Crippen MR) is 75.1 cm³/mol. The van der Waals surface area contributed by atoms with E-state index in [0.29, 0.717) is 11.7 Å². The summed E-state index contributed by atoms with van der Waals surface area (Å²) >= 11 is 0. The summed E-state index contributed by atoms with van der Waals surface area (Å²) in [7, 11) is 2.87. The van der Waals surface area contributed by atoms with Gasteiger partial charge in [-0.3, -0.25) is 0 Å². The van der Waals surface area contributed by atoms with Crippen LogP contribution >= 0.6 is 0 Å². The van der Waals surface area contributed by atoms with Gasteiger partial charge in [0.25, 0.3) is 0 Å². The van der Waals surface area contributed by atoms with Gasteiger partial charge in [0.1, 0.15) is 0 Å². The van der Waals surface area contributed by atoms with Crippen LogP contribution < -0.4 is 0 Å². The maximum absolute atomic E-state index is 5.37. The van der Waals surface area contributed by atoms with Gasteiger partial charge in [0.15, 0.2) is 7.85 Å². The number of hydrogen-bond acceptors (Lipinski definition) is 2. The van der Waals surface area contributed by atoms with Crippen LogP contribution in [-0.4, -0.2) is 20.9 Å². The standard InChI is InChI=1S/C12H25B2NO/c1-10(2)14-16-15-12(13)11-8-6-4-3-5-7-9-11/h10-11,14H,3-9,13H2,1-2H3. The van der Waals surface area contributed by atoms with Crippen LogP contribution in [0.15, 0.2) is 5.16 Å². The first-order valence-electron chi connectivity index (χ1n) is 6.86. The van der Waals surface area contributed by atoms with E-state index in [9.17, 15) is 0 Å². The fraction of sp³-hybridized carbons (Fsp3) is 0.917. The van der Waals surface area contributed by atoms with E-state index in [1.165, 1.54) is 50.6 Å². The van der Waals surface area contributed by atoms with Gasteiger partial charge >= 0.3 is 7.48 Å². The smallest absolute Gasteiger partial charge is 0.380 e. The lowest BCUT2D eigenvalue weighted by Crippen LogP contribution is -2.17. The van der Waals surface area contributed by atoms with E-state index in [1.807, 2.05) is 0 Å². The highest BCUT2D eigenvalue weighted by Crippen LogP contribution is 2.22. The third-order valence-electron chi connectivity index (χ3n) is 3.31. The van der Waals surface area contributed by atoms with Crippen LogP contribution in [-0.2, 0) is 4.76 Å². The Morgan fingerprint density at radius 2 is 1.75 bits per heavy atom. The number of oxime groups is 1. The van der Waals surface area contributed by atoms with Gasteiger partial charge in [0.05, 0.1) is 0 Å². The molecule has 0 amide bonds. The van der Waals surface area contributed by atoms with Crippen LogP contribution in [0.25, 0.3) is 0 Å². The van der Waals surface area contributed by atoms with Gasteiger partial charge < -0.3 is 4.76 Å². The van der Waals surface area contributed by atoms with E-state index < -0.39 is 0 Å². The molecular formula is C12H25B2NO. The minimum atomic E-state index is 0.564. The molecule has 90 valence electrons. The van der Waals surface area contributed by atoms with Crippen molar-refractivity contribution < 1.29 is 4.76 Å². The van der Waals surface area contributed by atoms with Gasteiger partial charge in [0.2, 0.25) is 0 Å². The van der Waals surface area contributed by atoms with Crippen molar-refractivity contribution in [3.05, 3.63) is 0 Å². The minimum Gasteiger partial charge on any atom is -0.475 e. The topological polar surface area (TPSA) is 21.6 Å². The zero-order chi connectivity index (χ0) is 11.8. The summed E-state index contributed by atoms with van der Waals surface area (Å²) in [4.78, 5) is 0. The van der Waals surface area contributed by atoms with Crippen molar-refractivity contribution in [3.63, 3.8) is 0 Å². The normalized spacial score (nSPS) is 20.3. The maximum Gasteiger partial charge on any atom is 0.380 e. The third-order valence-corrected chi connectivity index (χ3v) is 3.31. The molecule has 2 nitrogen and oxygen atoms in total. The molecule has 0 aromatic carbocycles. The molecule has 0 heterocycles. The van der Waals surface area contributed by atoms with Crippen LogP contribution in [0, 0.1) is 5.92 Å². The second-order valence-corrected chi connectivity index (χ2v) is 5.46. The van der Waals surface area contributed by atoms with Crippen molar-refractivity contribution in [2.75, 3.05) is 0 Å². The summed E-state index contributed by atoms with van der Waals surface area (Å²) in [5.74, 6) is 1.24. The molecule has 0 radical (unpaired) electrons. The molecule has 0 aliphatic heterocycles. The Kier molecular flexibility index (Phi) is 6.67. The summed E-state index contributed by atoms with van der Waals surface area (Å²) in [6.45, 7) is 4.31. The average molecular weight is 221 g/mol. The number of rotatable bonds is 4. The summed E-state index contributed by atoms with van der Waals surface area (Å²) in [6, 6.07) is 0. The molecule has 0 N–H and O–H groups in total. The Morgan fingerprint density at radius 3 is 2.31 bits per heavy atom. The zero-order valence-corrected chi connectivity index (χ0v) is 11.2. The first-order valence-corrected chi connectivity index (χ1v) is 6.86. The highest BCUT2D eigenvalue weighted by Gasteiger charge is 2.14. The lowest BCUT2D eigenvalue weighted by Gasteiger charge is -2.19. The van der Waals surface area contributed by atoms with E-state index in [2.05, 4.69) is 26.8 Å². The Bertz CT molecular complexity index is 211. The van der Waals surface area contributed by atoms with E-state index in [1.54, 1.807) is 0 Å². The van der Waals surface area contributed by atoms with Crippen LogP contribution in [0.5, 0.6) is 0 Å². The van der Waals surface area contributed by atoms with Crippen molar-refractivity contribution in [3.8, 4) is 0 Å². The SMILES string of the molecule is BC(=NOBC(C)C)C1CCCCCCC1. The molecule has 1 fully saturated rings. The Labute approximate surface area is 102 Å². The molecule has 1 aliphatic rings. The molecule has 0 spiro atoms. The van der Waals surface area contributed by atoms with Crippen molar-refractivity contribution in [1.82, 2.24) is 0 Å². The highest BCUT2D eigenvalue weighted by molar-refractivity contribution is 6.60. The first-order chi connectivity index (χ1) is 7.70. The quantitative estimate of drug-likeness (QED) is 0.406. The molecule has 0 atom stereocenters. The second kappa shape index (κ2) is 7.81. The van der Waals surface area contributed by atoms with Crippen molar-refractivity contribution >= 4 is 20.9 Å². The summed E-state index contributed by atoms with van der Waals surface area (Å²) in [6.07, 6.45) is 9.56. The molecule has 1 rings (SSSR count). The zero-order valence-electron chi connectivity index (χ0n) is 11.2. The van der Waals surface area contributed by atoms with Gasteiger partial charge in [-0.2, -0.15) is 0 Å². The molecule has 0 aromatic heterocycles. The van der Waals surface area contributed by atoms with Gasteiger partial charge in [0, 0.05) is 5.61 Å². The minimum absolute atomic E-state index is 0.564. The summed E-state index contributed by atoms with van der Waals surface area (Å²) in [5, 5.41) is 4.28. The van der Waals surface area contributed by atoms with E-state index >= 15 is 0 Å². The van der Waals surface area contributed by atoms with Crippen LogP contribution in [0.1, 0.15) is 58.8 Å².